The zero-order chi connectivity index (χ0) is 31.4. The summed E-state index contributed by atoms with van der Waals surface area (Å²) in [5.74, 6) is -0.671. The van der Waals surface area contributed by atoms with Gasteiger partial charge in [0.25, 0.3) is 0 Å². The van der Waals surface area contributed by atoms with Crippen molar-refractivity contribution >= 4 is 50.3 Å². The molecule has 0 radical (unpaired) electrons. The third-order valence-corrected chi connectivity index (χ3v) is 11.5. The van der Waals surface area contributed by atoms with E-state index in [0.717, 1.165) is 52.2 Å². The van der Waals surface area contributed by atoms with Gasteiger partial charge in [-0.15, -0.1) is 0 Å². The number of carbonyl (C=O) groups is 4. The lowest BCUT2D eigenvalue weighted by atomic mass is 9.51. The highest BCUT2D eigenvalue weighted by Gasteiger charge is 2.57. The lowest BCUT2D eigenvalue weighted by Gasteiger charge is -2.53. The van der Waals surface area contributed by atoms with Crippen LogP contribution in [0.15, 0.2) is 59.2 Å². The molecule has 3 aromatic rings. The second-order valence-electron chi connectivity index (χ2n) is 13.6. The number of amides is 3. The first-order valence-corrected chi connectivity index (χ1v) is 16.8. The average Bonchev–Trinajstić information content (AvgIpc) is 3.63. The smallest absolute Gasteiger partial charge is 0.245 e. The fourth-order valence-electron chi connectivity index (χ4n) is 8.72. The number of hydrogen-bond donors (Lipinski definition) is 3. The number of aromatic nitrogens is 1. The van der Waals surface area contributed by atoms with E-state index in [2.05, 4.69) is 26.2 Å². The Hall–Kier alpha value is -3.50. The Kier molecular flexibility index (Phi) is 8.06. The summed E-state index contributed by atoms with van der Waals surface area (Å²) in [6.07, 6.45) is 4.77. The first kappa shape index (κ1) is 30.2. The molecule has 4 saturated carbocycles. The van der Waals surface area contributed by atoms with Crippen LogP contribution < -0.4 is 5.32 Å². The Labute approximate surface area is 270 Å². The van der Waals surface area contributed by atoms with Gasteiger partial charge in [0.05, 0.1) is 12.0 Å². The number of H-pyrrole nitrogens is 1. The number of Topliss-reactive ketones (excluding diaryl/α,β-unsaturated/α-hetero) is 1. The molecule has 4 bridgehead atoms. The molecule has 3 N–H and O–H groups in total. The largest absolute Gasteiger partial charge is 0.391 e. The summed E-state index contributed by atoms with van der Waals surface area (Å²) in [7, 11) is 1.72. The quantitative estimate of drug-likeness (QED) is 0.335. The monoisotopic (exact) mass is 674 g/mol. The van der Waals surface area contributed by atoms with E-state index in [4.69, 9.17) is 0 Å². The fourth-order valence-corrected chi connectivity index (χ4v) is 9.13. The molecular weight excluding hydrogens is 636 g/mol. The van der Waals surface area contributed by atoms with Crippen molar-refractivity contribution in [2.75, 3.05) is 13.6 Å². The zero-order valence-electron chi connectivity index (χ0n) is 25.3. The summed E-state index contributed by atoms with van der Waals surface area (Å²) in [4.78, 5) is 61.6. The molecule has 1 saturated heterocycles. The van der Waals surface area contributed by atoms with Crippen LogP contribution in [0.1, 0.15) is 43.2 Å². The predicted molar refractivity (Wildman–Crippen MR) is 172 cm³/mol. The number of hydrogen-bond acceptors (Lipinski definition) is 5. The van der Waals surface area contributed by atoms with Crippen LogP contribution in [-0.4, -0.2) is 75.2 Å². The summed E-state index contributed by atoms with van der Waals surface area (Å²) in [6.45, 7) is 0.393. The van der Waals surface area contributed by atoms with Crippen molar-refractivity contribution < 1.29 is 24.3 Å². The van der Waals surface area contributed by atoms with Crippen molar-refractivity contribution in [1.29, 1.82) is 0 Å². The standard InChI is InChI=1S/C35H39BrN4O5/c1-39(17-20-6-2-4-8-27(20)36)34(44)29(14-23-16-37-28-9-5-3-7-25(23)28)38-33(43)30-15-24(41)18-40(30)35(45)31-21-10-19-11-22(13-21)32(42)26(31)12-19/h2-9,16,19,21-22,24,26,29-31,37,41H,10-15,17-18H2,1H3,(H,38,43)/t19?,21?,22?,24-,26?,29?,30?,31?/m1/s1. The van der Waals surface area contributed by atoms with Crippen molar-refractivity contribution in [1.82, 2.24) is 20.1 Å². The van der Waals surface area contributed by atoms with Gasteiger partial charge in [0, 0.05) is 66.4 Å². The van der Waals surface area contributed by atoms with Crippen LogP contribution >= 0.6 is 15.9 Å². The topological polar surface area (TPSA) is 123 Å². The number of nitrogens with one attached hydrogen (secondary N) is 2. The normalized spacial score (nSPS) is 29.3. The highest BCUT2D eigenvalue weighted by atomic mass is 79.9. The van der Waals surface area contributed by atoms with Gasteiger partial charge in [-0.1, -0.05) is 52.3 Å². The number of rotatable bonds is 8. The van der Waals surface area contributed by atoms with Gasteiger partial charge in [0.2, 0.25) is 17.7 Å². The molecule has 1 aromatic heterocycles. The molecule has 8 rings (SSSR count). The van der Waals surface area contributed by atoms with Crippen molar-refractivity contribution in [3.05, 3.63) is 70.3 Å². The molecule has 9 nitrogen and oxygen atoms in total. The molecule has 2 aromatic carbocycles. The van der Waals surface area contributed by atoms with Gasteiger partial charge in [0.15, 0.2) is 0 Å². The van der Waals surface area contributed by atoms with Gasteiger partial charge in [-0.2, -0.15) is 0 Å². The number of benzene rings is 2. The second kappa shape index (κ2) is 12.0. The minimum Gasteiger partial charge on any atom is -0.391 e. The molecule has 236 valence electrons. The lowest BCUT2D eigenvalue weighted by molar-refractivity contribution is -0.161. The number of β-amino-alcohol motifs (C(OH)–C–C–N with tert-alkyl or cyclic N) is 1. The Balaban J connectivity index is 1.13. The number of aliphatic hydroxyl groups excluding tert-OH is 1. The third-order valence-electron chi connectivity index (χ3n) is 10.7. The number of halogens is 1. The number of likely N-dealkylation sites (N-methyl/N-ethyl adjacent to an activating group) is 1. The highest BCUT2D eigenvalue weighted by molar-refractivity contribution is 9.10. The van der Waals surface area contributed by atoms with Crippen LogP contribution in [0.2, 0.25) is 0 Å². The second-order valence-corrected chi connectivity index (χ2v) is 14.5. The maximum atomic E-state index is 14.1. The van der Waals surface area contributed by atoms with Crippen molar-refractivity contribution in [2.45, 2.75) is 63.3 Å². The van der Waals surface area contributed by atoms with E-state index < -0.39 is 30.0 Å². The van der Waals surface area contributed by atoms with Gasteiger partial charge >= 0.3 is 0 Å². The van der Waals surface area contributed by atoms with Crippen LogP contribution in [0.25, 0.3) is 10.9 Å². The van der Waals surface area contributed by atoms with Gasteiger partial charge in [-0.05, 0) is 60.8 Å². The molecule has 5 aliphatic rings. The molecule has 1 aliphatic heterocycles. The lowest BCUT2D eigenvalue weighted by Crippen LogP contribution is -2.59. The van der Waals surface area contributed by atoms with Crippen molar-refractivity contribution in [3.8, 4) is 0 Å². The number of nitrogens with zero attached hydrogens (tertiary/aromatic N) is 2. The number of carbonyl (C=O) groups excluding carboxylic acids is 4. The van der Waals surface area contributed by atoms with Crippen molar-refractivity contribution in [3.63, 3.8) is 0 Å². The van der Waals surface area contributed by atoms with Crippen LogP contribution in [0.3, 0.4) is 0 Å². The van der Waals surface area contributed by atoms with Gasteiger partial charge in [0.1, 0.15) is 17.9 Å². The van der Waals surface area contributed by atoms with Gasteiger partial charge in [-0.3, -0.25) is 19.2 Å². The Morgan fingerprint density at radius 2 is 1.82 bits per heavy atom. The Bertz CT molecular complexity index is 1660. The summed E-state index contributed by atoms with van der Waals surface area (Å²) in [6, 6.07) is 13.7. The number of para-hydroxylation sites is 1. The van der Waals surface area contributed by atoms with E-state index in [-0.39, 0.29) is 54.7 Å². The summed E-state index contributed by atoms with van der Waals surface area (Å²) in [5.41, 5.74) is 2.77. The number of aliphatic hydroxyl groups is 1. The SMILES string of the molecule is CN(Cc1ccccc1Br)C(=O)C(Cc1c[nH]c2ccccc12)NC(=O)C1C[C@@H](O)CN1C(=O)C1C2CC3CC(C2)C(=O)C1C3. The molecule has 3 amide bonds. The molecule has 2 heterocycles. The molecule has 5 fully saturated rings. The number of likely N-dealkylation sites (tertiary alicyclic amines) is 1. The maximum Gasteiger partial charge on any atom is 0.245 e. The number of ketones is 1. The van der Waals surface area contributed by atoms with E-state index >= 15 is 0 Å². The summed E-state index contributed by atoms with van der Waals surface area (Å²) >= 11 is 3.56. The van der Waals surface area contributed by atoms with E-state index in [1.165, 1.54) is 4.90 Å². The van der Waals surface area contributed by atoms with E-state index in [1.54, 1.807) is 11.9 Å². The Morgan fingerprint density at radius 1 is 1.04 bits per heavy atom. The molecule has 45 heavy (non-hydrogen) atoms. The van der Waals surface area contributed by atoms with E-state index in [0.29, 0.717) is 12.5 Å². The molecule has 8 atom stereocenters. The zero-order valence-corrected chi connectivity index (χ0v) is 26.9. The first-order valence-electron chi connectivity index (χ1n) is 16.0. The maximum absolute atomic E-state index is 14.1. The Morgan fingerprint density at radius 3 is 2.64 bits per heavy atom. The third kappa shape index (κ3) is 5.60. The highest BCUT2D eigenvalue weighted by Crippen LogP contribution is 2.55. The summed E-state index contributed by atoms with van der Waals surface area (Å²) in [5, 5.41) is 14.7. The number of aromatic amines is 1. The minimum atomic E-state index is -0.911. The number of fused-ring (bicyclic) bond motifs is 1. The average molecular weight is 676 g/mol. The van der Waals surface area contributed by atoms with Gasteiger partial charge < -0.3 is 25.2 Å². The molecule has 10 heteroatoms. The molecule has 4 aliphatic carbocycles. The van der Waals surface area contributed by atoms with Crippen LogP contribution in [0, 0.1) is 29.6 Å². The first-order chi connectivity index (χ1) is 21.7. The van der Waals surface area contributed by atoms with Crippen LogP contribution in [0.4, 0.5) is 0 Å². The van der Waals surface area contributed by atoms with Crippen LogP contribution in [0.5, 0.6) is 0 Å². The van der Waals surface area contributed by atoms with E-state index in [9.17, 15) is 24.3 Å². The molecule has 0 spiro atoms. The summed E-state index contributed by atoms with van der Waals surface area (Å²) < 4.78 is 0.888. The molecule has 7 unspecified atom stereocenters. The van der Waals surface area contributed by atoms with E-state index in [1.807, 2.05) is 54.7 Å². The van der Waals surface area contributed by atoms with Crippen molar-refractivity contribution in [2.24, 2.45) is 29.6 Å². The fraction of sp³-hybridized carbons (Fsp3) is 0.486. The predicted octanol–water partition coefficient (Wildman–Crippen LogP) is 3.83. The van der Waals surface area contributed by atoms with Gasteiger partial charge in [-0.25, -0.2) is 0 Å². The minimum absolute atomic E-state index is 0.0525. The van der Waals surface area contributed by atoms with Crippen LogP contribution in [-0.2, 0) is 32.1 Å². The molecular formula is C35H39BrN4O5.